The quantitative estimate of drug-likeness (QED) is 0.354. The zero-order chi connectivity index (χ0) is 18.6. The molecule has 0 aromatic heterocycles. The number of benzene rings is 1. The van der Waals surface area contributed by atoms with E-state index in [9.17, 15) is 20.1 Å². The number of hydroxylamine groups is 1. The number of carbonyl (C=O) groups excluding carboxylic acids is 1. The van der Waals surface area contributed by atoms with Crippen molar-refractivity contribution < 1.29 is 44.3 Å². The van der Waals surface area contributed by atoms with Gasteiger partial charge in [-0.3, -0.25) is 9.63 Å². The first-order valence-electron chi connectivity index (χ1n) is 7.42. The van der Waals surface area contributed by atoms with Crippen molar-refractivity contribution in [3.8, 4) is 11.5 Å². The van der Waals surface area contributed by atoms with E-state index in [1.165, 1.54) is 20.3 Å². The molecule has 1 heterocycles. The van der Waals surface area contributed by atoms with Crippen LogP contribution in [0.1, 0.15) is 10.4 Å². The summed E-state index contributed by atoms with van der Waals surface area (Å²) in [6.45, 7) is -0.672. The normalized spacial score (nSPS) is 27.0. The SMILES string of the molecule is COc1cccc(C(=O)NO[C@@H]2[C@@H](O)[C@@H]([C@H](O)CO)O[C@@H]2O)c1OC. The molecule has 0 saturated carbocycles. The van der Waals surface area contributed by atoms with Crippen LogP contribution < -0.4 is 15.0 Å². The van der Waals surface area contributed by atoms with Crippen LogP contribution in [0.2, 0.25) is 0 Å². The molecule has 0 spiro atoms. The van der Waals surface area contributed by atoms with E-state index in [4.69, 9.17) is 24.2 Å². The van der Waals surface area contributed by atoms with E-state index < -0.39 is 43.2 Å². The fraction of sp³-hybridized carbons (Fsp3) is 0.533. The second-order valence-electron chi connectivity index (χ2n) is 5.29. The van der Waals surface area contributed by atoms with E-state index in [1.54, 1.807) is 12.1 Å². The lowest BCUT2D eigenvalue weighted by molar-refractivity contribution is -0.167. The van der Waals surface area contributed by atoms with Gasteiger partial charge in [-0.25, -0.2) is 5.48 Å². The van der Waals surface area contributed by atoms with Crippen molar-refractivity contribution in [3.63, 3.8) is 0 Å². The van der Waals surface area contributed by atoms with Crippen molar-refractivity contribution in [2.45, 2.75) is 30.7 Å². The summed E-state index contributed by atoms with van der Waals surface area (Å²) in [5.41, 5.74) is 2.19. The van der Waals surface area contributed by atoms with Gasteiger partial charge in [-0.2, -0.15) is 0 Å². The zero-order valence-corrected chi connectivity index (χ0v) is 13.7. The third kappa shape index (κ3) is 4.00. The first-order chi connectivity index (χ1) is 11.9. The van der Waals surface area contributed by atoms with Gasteiger partial charge in [0.05, 0.1) is 26.4 Å². The molecule has 10 nitrogen and oxygen atoms in total. The van der Waals surface area contributed by atoms with Crippen molar-refractivity contribution in [1.82, 2.24) is 5.48 Å². The molecular weight excluding hydrogens is 338 g/mol. The van der Waals surface area contributed by atoms with Crippen LogP contribution in [0.3, 0.4) is 0 Å². The third-order valence-electron chi connectivity index (χ3n) is 3.75. The van der Waals surface area contributed by atoms with Crippen LogP contribution in [-0.2, 0) is 9.57 Å². The predicted octanol–water partition coefficient (Wildman–Crippen LogP) is -1.83. The van der Waals surface area contributed by atoms with Crippen molar-refractivity contribution in [1.29, 1.82) is 0 Å². The number of nitrogens with one attached hydrogen (secondary N) is 1. The first-order valence-corrected chi connectivity index (χ1v) is 7.42. The Bertz CT molecular complexity index is 596. The molecule has 5 atom stereocenters. The highest BCUT2D eigenvalue weighted by molar-refractivity contribution is 5.97. The highest BCUT2D eigenvalue weighted by atomic mass is 16.7. The van der Waals surface area contributed by atoms with Gasteiger partial charge in [0.15, 0.2) is 23.9 Å². The highest BCUT2D eigenvalue weighted by Crippen LogP contribution is 2.31. The van der Waals surface area contributed by atoms with Crippen molar-refractivity contribution in [2.75, 3.05) is 20.8 Å². The largest absolute Gasteiger partial charge is 0.493 e. The summed E-state index contributed by atoms with van der Waals surface area (Å²) >= 11 is 0. The molecule has 1 aliphatic heterocycles. The number of carbonyl (C=O) groups is 1. The Kier molecular flexibility index (Phi) is 6.53. The van der Waals surface area contributed by atoms with E-state index in [-0.39, 0.29) is 11.3 Å². The number of ether oxygens (including phenoxy) is 3. The molecule has 1 fully saturated rings. The summed E-state index contributed by atoms with van der Waals surface area (Å²) in [5, 5.41) is 38.2. The van der Waals surface area contributed by atoms with Crippen molar-refractivity contribution >= 4 is 5.91 Å². The molecular formula is C15H21NO9. The second-order valence-corrected chi connectivity index (χ2v) is 5.29. The summed E-state index contributed by atoms with van der Waals surface area (Å²) < 4.78 is 15.2. The van der Waals surface area contributed by atoms with Gasteiger partial charge in [0, 0.05) is 0 Å². The monoisotopic (exact) mass is 359 g/mol. The molecule has 5 N–H and O–H groups in total. The van der Waals surface area contributed by atoms with Gasteiger partial charge in [0.1, 0.15) is 18.3 Å². The number of hydrogen-bond acceptors (Lipinski definition) is 9. The zero-order valence-electron chi connectivity index (χ0n) is 13.7. The molecule has 140 valence electrons. The molecule has 0 bridgehead atoms. The second kappa shape index (κ2) is 8.43. The smallest absolute Gasteiger partial charge is 0.278 e. The average Bonchev–Trinajstić information content (AvgIpc) is 2.92. The van der Waals surface area contributed by atoms with Gasteiger partial charge >= 0.3 is 0 Å². The minimum absolute atomic E-state index is 0.108. The van der Waals surface area contributed by atoms with E-state index in [0.717, 1.165) is 0 Å². The van der Waals surface area contributed by atoms with Gasteiger partial charge in [-0.1, -0.05) is 6.07 Å². The number of amides is 1. The molecule has 0 unspecified atom stereocenters. The number of rotatable bonds is 7. The summed E-state index contributed by atoms with van der Waals surface area (Å²) in [6.07, 6.45) is -7.09. The van der Waals surface area contributed by atoms with Crippen LogP contribution in [0, 0.1) is 0 Å². The summed E-state index contributed by atoms with van der Waals surface area (Å²) in [6, 6.07) is 4.65. The summed E-state index contributed by atoms with van der Waals surface area (Å²) in [7, 11) is 2.79. The lowest BCUT2D eigenvalue weighted by Crippen LogP contribution is -2.44. The van der Waals surface area contributed by atoms with Crippen LogP contribution in [0.5, 0.6) is 11.5 Å². The van der Waals surface area contributed by atoms with Crippen LogP contribution >= 0.6 is 0 Å². The number of hydrogen-bond donors (Lipinski definition) is 5. The summed E-state index contributed by atoms with van der Waals surface area (Å²) in [4.78, 5) is 17.3. The topological polar surface area (TPSA) is 147 Å². The Morgan fingerprint density at radius 3 is 2.64 bits per heavy atom. The van der Waals surface area contributed by atoms with Crippen molar-refractivity contribution in [2.24, 2.45) is 0 Å². The molecule has 0 aliphatic carbocycles. The van der Waals surface area contributed by atoms with E-state index in [1.807, 2.05) is 0 Å². The first kappa shape index (κ1) is 19.4. The number of para-hydroxylation sites is 1. The maximum absolute atomic E-state index is 12.3. The lowest BCUT2D eigenvalue weighted by Gasteiger charge is -2.20. The fourth-order valence-electron chi connectivity index (χ4n) is 2.47. The van der Waals surface area contributed by atoms with Gasteiger partial charge in [-0.05, 0) is 12.1 Å². The van der Waals surface area contributed by atoms with Crippen LogP contribution in [0.25, 0.3) is 0 Å². The molecule has 1 aromatic carbocycles. The van der Waals surface area contributed by atoms with Crippen molar-refractivity contribution in [3.05, 3.63) is 23.8 Å². The van der Waals surface area contributed by atoms with Gasteiger partial charge < -0.3 is 34.6 Å². The molecule has 2 rings (SSSR count). The molecule has 1 aromatic rings. The Hall–Kier alpha value is -1.95. The molecule has 1 amide bonds. The van der Waals surface area contributed by atoms with Gasteiger partial charge in [0.2, 0.25) is 0 Å². The minimum atomic E-state index is -1.60. The van der Waals surface area contributed by atoms with Crippen LogP contribution in [0.15, 0.2) is 18.2 Å². The van der Waals surface area contributed by atoms with Crippen LogP contribution in [0.4, 0.5) is 0 Å². The Balaban J connectivity index is 2.05. The van der Waals surface area contributed by atoms with Crippen LogP contribution in [-0.4, -0.2) is 77.9 Å². The minimum Gasteiger partial charge on any atom is -0.493 e. The Morgan fingerprint density at radius 2 is 2.04 bits per heavy atom. The predicted molar refractivity (Wildman–Crippen MR) is 81.9 cm³/mol. The fourth-order valence-corrected chi connectivity index (χ4v) is 2.47. The highest BCUT2D eigenvalue weighted by Gasteiger charge is 2.47. The molecule has 10 heteroatoms. The van der Waals surface area contributed by atoms with E-state index in [2.05, 4.69) is 5.48 Å². The lowest BCUT2D eigenvalue weighted by atomic mass is 10.1. The molecule has 25 heavy (non-hydrogen) atoms. The standard InChI is InChI=1S/C15H21NO9/c1-22-9-5-3-4-7(11(9)23-2)14(20)16-25-13-10(19)12(8(18)6-17)24-15(13)21/h3-5,8,10,12-13,15,17-19,21H,6H2,1-2H3,(H,16,20)/t8-,10+,12-,13-,15+/m1/s1. The third-order valence-corrected chi connectivity index (χ3v) is 3.75. The maximum Gasteiger partial charge on any atom is 0.278 e. The molecule has 1 saturated heterocycles. The Morgan fingerprint density at radius 1 is 1.32 bits per heavy atom. The van der Waals surface area contributed by atoms with Gasteiger partial charge in [0.25, 0.3) is 5.91 Å². The van der Waals surface area contributed by atoms with E-state index >= 15 is 0 Å². The number of methoxy groups -OCH3 is 2. The number of aliphatic hydroxyl groups excluding tert-OH is 4. The summed E-state index contributed by atoms with van der Waals surface area (Å²) in [5.74, 6) is -0.185. The molecule has 0 radical (unpaired) electrons. The molecule has 1 aliphatic rings. The maximum atomic E-state index is 12.3. The van der Waals surface area contributed by atoms with Gasteiger partial charge in [-0.15, -0.1) is 0 Å². The Labute approximate surface area is 143 Å². The average molecular weight is 359 g/mol. The number of aliphatic hydroxyl groups is 4. The van der Waals surface area contributed by atoms with E-state index in [0.29, 0.717) is 5.75 Å².